The van der Waals surface area contributed by atoms with Crippen molar-refractivity contribution in [3.63, 3.8) is 0 Å². The molecule has 1 fully saturated rings. The monoisotopic (exact) mass is 374 g/mol. The first-order chi connectivity index (χ1) is 12.7. The predicted octanol–water partition coefficient (Wildman–Crippen LogP) is 2.58. The molecule has 2 amide bonds. The molecule has 0 unspecified atom stereocenters. The number of carbonyl (C=O) groups excluding carboxylic acids is 2. The van der Waals surface area contributed by atoms with Gasteiger partial charge in [-0.15, -0.1) is 0 Å². The van der Waals surface area contributed by atoms with Gasteiger partial charge in [-0.2, -0.15) is 0 Å². The van der Waals surface area contributed by atoms with Crippen LogP contribution in [0.5, 0.6) is 0 Å². The highest BCUT2D eigenvalue weighted by atomic mass is 16.2. The highest BCUT2D eigenvalue weighted by molar-refractivity contribution is 6.10. The van der Waals surface area contributed by atoms with Crippen molar-refractivity contribution in [2.75, 3.05) is 56.5 Å². The van der Waals surface area contributed by atoms with Gasteiger partial charge in [0.05, 0.1) is 0 Å². The number of likely N-dealkylation sites (N-methyl/N-ethyl adjacent to an activating group) is 1. The number of nitrogens with zero attached hydrogens (tertiary/aromatic N) is 3. The first-order valence-electron chi connectivity index (χ1n) is 9.85. The van der Waals surface area contributed by atoms with Gasteiger partial charge in [-0.1, -0.05) is 0 Å². The summed E-state index contributed by atoms with van der Waals surface area (Å²) in [4.78, 5) is 32.0. The summed E-state index contributed by atoms with van der Waals surface area (Å²) in [7, 11) is 2.05. The van der Waals surface area contributed by atoms with E-state index in [1.807, 2.05) is 26.1 Å². The fraction of sp³-hybridized carbons (Fsp3) is 0.619. The summed E-state index contributed by atoms with van der Waals surface area (Å²) in [6, 6.07) is 6.03. The molecule has 6 heteroatoms. The van der Waals surface area contributed by atoms with E-state index in [4.69, 9.17) is 0 Å². The maximum atomic E-state index is 12.9. The Morgan fingerprint density at radius 3 is 2.22 bits per heavy atom. The largest absolute Gasteiger partial charge is 0.372 e. The molecule has 1 aromatic carbocycles. The van der Waals surface area contributed by atoms with Gasteiger partial charge in [0, 0.05) is 50.6 Å². The molecule has 0 aliphatic carbocycles. The molecule has 0 bridgehead atoms. The molecular weight excluding hydrogens is 340 g/mol. The molecule has 0 saturated carbocycles. The van der Waals surface area contributed by atoms with E-state index in [2.05, 4.69) is 35.0 Å². The first-order valence-corrected chi connectivity index (χ1v) is 9.85. The van der Waals surface area contributed by atoms with E-state index in [0.717, 1.165) is 43.1 Å². The minimum atomic E-state index is -1.10. The second-order valence-corrected chi connectivity index (χ2v) is 7.85. The standard InChI is InChI=1S/C21H34N4O2/c1-7-24(8-2)17-9-10-18(16(3)15-17)22-19(26)21(4,5)20(27)25-13-11-23(6)12-14-25/h9-10,15H,7-8,11-14H2,1-6H3,(H,22,26). The minimum Gasteiger partial charge on any atom is -0.372 e. The van der Waals surface area contributed by atoms with E-state index in [1.54, 1.807) is 18.7 Å². The van der Waals surface area contributed by atoms with Crippen LogP contribution in [0.2, 0.25) is 0 Å². The summed E-state index contributed by atoms with van der Waals surface area (Å²) >= 11 is 0. The third-order valence-electron chi connectivity index (χ3n) is 5.48. The van der Waals surface area contributed by atoms with Crippen molar-refractivity contribution < 1.29 is 9.59 Å². The van der Waals surface area contributed by atoms with Crippen LogP contribution in [0, 0.1) is 12.3 Å². The lowest BCUT2D eigenvalue weighted by atomic mass is 9.89. The summed E-state index contributed by atoms with van der Waals surface area (Å²) in [5.41, 5.74) is 1.80. The Balaban J connectivity index is 2.09. The number of aryl methyl sites for hydroxylation is 1. The number of rotatable bonds is 6. The van der Waals surface area contributed by atoms with Crippen molar-refractivity contribution in [1.82, 2.24) is 9.80 Å². The molecule has 1 aliphatic rings. The Hall–Kier alpha value is -2.08. The first kappa shape index (κ1) is 21.2. The minimum absolute atomic E-state index is 0.106. The Labute approximate surface area is 163 Å². The van der Waals surface area contributed by atoms with Gasteiger partial charge in [-0.25, -0.2) is 0 Å². The van der Waals surface area contributed by atoms with Gasteiger partial charge < -0.3 is 20.0 Å². The fourth-order valence-corrected chi connectivity index (χ4v) is 3.35. The molecule has 6 nitrogen and oxygen atoms in total. The molecule has 1 heterocycles. The van der Waals surface area contributed by atoms with Crippen molar-refractivity contribution in [2.45, 2.75) is 34.6 Å². The van der Waals surface area contributed by atoms with Crippen LogP contribution in [-0.2, 0) is 9.59 Å². The third kappa shape index (κ3) is 4.80. The number of anilines is 2. The zero-order chi connectivity index (χ0) is 20.2. The summed E-state index contributed by atoms with van der Waals surface area (Å²) in [5, 5.41) is 2.97. The Kier molecular flexibility index (Phi) is 6.87. The Morgan fingerprint density at radius 1 is 1.11 bits per heavy atom. The molecule has 1 aliphatic heterocycles. The second kappa shape index (κ2) is 8.74. The highest BCUT2D eigenvalue weighted by Crippen LogP contribution is 2.26. The van der Waals surface area contributed by atoms with Crippen LogP contribution in [0.3, 0.4) is 0 Å². The van der Waals surface area contributed by atoms with Gasteiger partial charge >= 0.3 is 0 Å². The van der Waals surface area contributed by atoms with Gasteiger partial charge in [0.1, 0.15) is 5.41 Å². The SMILES string of the molecule is CCN(CC)c1ccc(NC(=O)C(C)(C)C(=O)N2CCN(C)CC2)c(C)c1. The molecule has 0 aromatic heterocycles. The van der Waals surface area contributed by atoms with Crippen LogP contribution in [0.1, 0.15) is 33.3 Å². The maximum absolute atomic E-state index is 12.9. The normalized spacial score (nSPS) is 15.6. The molecule has 0 spiro atoms. The molecule has 1 saturated heterocycles. The molecular formula is C21H34N4O2. The zero-order valence-electron chi connectivity index (χ0n) is 17.6. The molecule has 0 radical (unpaired) electrons. The van der Waals surface area contributed by atoms with Crippen molar-refractivity contribution in [1.29, 1.82) is 0 Å². The summed E-state index contributed by atoms with van der Waals surface area (Å²) in [6.07, 6.45) is 0. The van der Waals surface area contributed by atoms with Crippen molar-refractivity contribution in [3.8, 4) is 0 Å². The smallest absolute Gasteiger partial charge is 0.239 e. The van der Waals surface area contributed by atoms with E-state index in [9.17, 15) is 9.59 Å². The molecule has 150 valence electrons. The summed E-state index contributed by atoms with van der Waals surface area (Å²) in [5.74, 6) is -0.365. The average Bonchev–Trinajstić information content (AvgIpc) is 2.64. The van der Waals surface area contributed by atoms with Crippen molar-refractivity contribution >= 4 is 23.2 Å². The predicted molar refractivity (Wildman–Crippen MR) is 111 cm³/mol. The van der Waals surface area contributed by atoms with Crippen LogP contribution >= 0.6 is 0 Å². The van der Waals surface area contributed by atoms with E-state index < -0.39 is 5.41 Å². The second-order valence-electron chi connectivity index (χ2n) is 7.85. The van der Waals surface area contributed by atoms with E-state index in [-0.39, 0.29) is 11.8 Å². The van der Waals surface area contributed by atoms with Gasteiger partial charge in [0.2, 0.25) is 11.8 Å². The summed E-state index contributed by atoms with van der Waals surface area (Å²) in [6.45, 7) is 14.6. The van der Waals surface area contributed by atoms with Gasteiger partial charge in [0.25, 0.3) is 0 Å². The number of hydrogen-bond donors (Lipinski definition) is 1. The molecule has 27 heavy (non-hydrogen) atoms. The summed E-state index contributed by atoms with van der Waals surface area (Å²) < 4.78 is 0. The topological polar surface area (TPSA) is 55.9 Å². The maximum Gasteiger partial charge on any atom is 0.239 e. The van der Waals surface area contributed by atoms with E-state index >= 15 is 0 Å². The lowest BCUT2D eigenvalue weighted by Crippen LogP contribution is -2.53. The Bertz CT molecular complexity index is 675. The van der Waals surface area contributed by atoms with Gasteiger partial charge in [-0.05, 0) is 65.4 Å². The van der Waals surface area contributed by atoms with Crippen molar-refractivity contribution in [2.24, 2.45) is 5.41 Å². The zero-order valence-corrected chi connectivity index (χ0v) is 17.6. The van der Waals surface area contributed by atoms with Crippen LogP contribution in [0.15, 0.2) is 18.2 Å². The highest BCUT2D eigenvalue weighted by Gasteiger charge is 2.40. The number of hydrogen-bond acceptors (Lipinski definition) is 4. The molecule has 1 aromatic rings. The third-order valence-corrected chi connectivity index (χ3v) is 5.48. The van der Waals surface area contributed by atoms with Crippen LogP contribution in [0.4, 0.5) is 11.4 Å². The van der Waals surface area contributed by atoms with Gasteiger partial charge in [-0.3, -0.25) is 9.59 Å². The van der Waals surface area contributed by atoms with E-state index in [1.165, 1.54) is 0 Å². The average molecular weight is 375 g/mol. The molecule has 2 rings (SSSR count). The van der Waals surface area contributed by atoms with Crippen LogP contribution in [0.25, 0.3) is 0 Å². The molecule has 0 atom stereocenters. The van der Waals surface area contributed by atoms with Gasteiger partial charge in [0.15, 0.2) is 0 Å². The van der Waals surface area contributed by atoms with Crippen LogP contribution in [-0.4, -0.2) is 67.9 Å². The quantitative estimate of drug-likeness (QED) is 0.778. The molecule has 1 N–H and O–H groups in total. The number of amides is 2. The van der Waals surface area contributed by atoms with E-state index in [0.29, 0.717) is 13.1 Å². The number of carbonyl (C=O) groups is 2. The van der Waals surface area contributed by atoms with Crippen molar-refractivity contribution in [3.05, 3.63) is 23.8 Å². The lowest BCUT2D eigenvalue weighted by Gasteiger charge is -2.36. The lowest BCUT2D eigenvalue weighted by molar-refractivity contribution is -0.147. The number of piperazine rings is 1. The van der Waals surface area contributed by atoms with Crippen LogP contribution < -0.4 is 10.2 Å². The number of benzene rings is 1. The Morgan fingerprint density at radius 2 is 1.70 bits per heavy atom. The fourth-order valence-electron chi connectivity index (χ4n) is 3.35. The number of nitrogens with one attached hydrogen (secondary N) is 1.